The average Bonchev–Trinajstić information content (AvgIpc) is 4.05. The fourth-order valence-corrected chi connectivity index (χ4v) is 12.1. The monoisotopic (exact) mass is 913 g/mol. The largest absolute Gasteiger partial charge is 0.383 e. The molecule has 4 heterocycles. The van der Waals surface area contributed by atoms with Crippen LogP contribution in [0.3, 0.4) is 0 Å². The summed E-state index contributed by atoms with van der Waals surface area (Å²) < 4.78 is 7.91. The Morgan fingerprint density at radius 3 is 2.08 bits per heavy atom. The number of hydrogen-bond acceptors (Lipinski definition) is 2. The number of aromatic nitrogens is 2. The predicted molar refractivity (Wildman–Crippen MR) is 277 cm³/mol. The van der Waals surface area contributed by atoms with Crippen molar-refractivity contribution in [2.75, 3.05) is 6.26 Å². The minimum absolute atomic E-state index is 0.124. The Kier molecular flexibility index (Phi) is 10.7. The van der Waals surface area contributed by atoms with Crippen LogP contribution >= 0.6 is 12.6 Å². The van der Waals surface area contributed by atoms with E-state index in [0.717, 1.165) is 11.1 Å². The summed E-state index contributed by atoms with van der Waals surface area (Å²) in [7, 11) is 0. The molecule has 0 aliphatic carbocycles. The normalized spacial score (nSPS) is 12.8. The molecule has 64 heavy (non-hydrogen) atoms. The first-order valence-corrected chi connectivity index (χ1v) is 24.1. The third kappa shape index (κ3) is 6.88. The smallest absolute Gasteiger partial charge is 0.154 e. The number of thiol groups is 1. The van der Waals surface area contributed by atoms with Crippen molar-refractivity contribution in [3.8, 4) is 22.5 Å². The van der Waals surface area contributed by atoms with Gasteiger partial charge >= 0.3 is 262 Å². The van der Waals surface area contributed by atoms with E-state index in [-0.39, 0.29) is 11.3 Å². The molecular formula is C57H47N5SSe. The Labute approximate surface area is 384 Å². The molecule has 0 unspecified atom stereocenters. The standard InChI is InChI=1S/C42H30N2Se.C14H13N3.CH4S/c1-25-10-8-11-27(22-25)44-36-19-18-26(28-13-9-14-30-29-12-4-7-17-38(29)45-41(28)30)23-32(36)33-24-35-40-31(39(33)44)20-21-43(40)37-16-6-5-15-34(37)42(35,2)3;15-13(11-7-3-1-4-8-11)17-14(16)12-9-5-2-6-10-12;1-2/h4-24H,1-3H3;1-10H,(H3,15,16,17);2H,1H3. The number of rotatable bonds is 4. The molecule has 312 valence electrons. The van der Waals surface area contributed by atoms with Crippen molar-refractivity contribution in [2.24, 2.45) is 10.7 Å². The molecule has 0 bridgehead atoms. The van der Waals surface area contributed by atoms with Gasteiger partial charge in [0.25, 0.3) is 0 Å². The maximum atomic E-state index is 7.84. The van der Waals surface area contributed by atoms with Crippen molar-refractivity contribution in [2.45, 2.75) is 26.2 Å². The van der Waals surface area contributed by atoms with Gasteiger partial charge in [0.1, 0.15) is 5.84 Å². The molecular weight excluding hydrogens is 866 g/mol. The van der Waals surface area contributed by atoms with Gasteiger partial charge in [-0.25, -0.2) is 4.99 Å². The van der Waals surface area contributed by atoms with Gasteiger partial charge in [0.2, 0.25) is 0 Å². The SMILES string of the molecule is CS.Cc1cccc(-n2c3ccc(-c4cccc5c4[se]c4ccccc45)cc3c3cc4c5c(ccn5-c5ccccc5C4(C)C)c32)c1.N=C(N=C(N)c1ccccc1)c1ccccc1. The van der Waals surface area contributed by atoms with Crippen LogP contribution in [0.5, 0.6) is 0 Å². The van der Waals surface area contributed by atoms with Gasteiger partial charge in [-0.15, -0.1) is 0 Å². The van der Waals surface area contributed by atoms with Gasteiger partial charge in [0, 0.05) is 11.1 Å². The molecule has 0 atom stereocenters. The van der Waals surface area contributed by atoms with E-state index in [0.29, 0.717) is 20.3 Å². The second-order valence-corrected chi connectivity index (χ2v) is 18.9. The minimum atomic E-state index is -0.124. The average molecular weight is 913 g/mol. The first kappa shape index (κ1) is 41.1. The molecule has 0 saturated heterocycles. The molecule has 0 spiro atoms. The number of hydrogen-bond donors (Lipinski definition) is 3. The summed E-state index contributed by atoms with van der Waals surface area (Å²) >= 11 is 3.82. The third-order valence-corrected chi connectivity index (χ3v) is 15.1. The molecule has 11 aromatic rings. The van der Waals surface area contributed by atoms with E-state index in [9.17, 15) is 0 Å². The zero-order chi connectivity index (χ0) is 44.1. The van der Waals surface area contributed by atoms with E-state index in [4.69, 9.17) is 11.1 Å². The Morgan fingerprint density at radius 1 is 0.609 bits per heavy atom. The molecule has 0 fully saturated rings. The Morgan fingerprint density at radius 2 is 1.30 bits per heavy atom. The first-order chi connectivity index (χ1) is 31.3. The molecule has 0 saturated carbocycles. The number of aryl methyl sites for hydroxylation is 1. The van der Waals surface area contributed by atoms with Crippen LogP contribution in [0, 0.1) is 12.3 Å². The molecule has 8 aromatic carbocycles. The Balaban J connectivity index is 0.000000215. The summed E-state index contributed by atoms with van der Waals surface area (Å²) in [4.78, 5) is 4.10. The van der Waals surface area contributed by atoms with Crippen molar-refractivity contribution in [3.05, 3.63) is 216 Å². The second-order valence-electron chi connectivity index (χ2n) is 16.7. The van der Waals surface area contributed by atoms with Crippen molar-refractivity contribution in [1.82, 2.24) is 9.13 Å². The fraction of sp³-hybridized carbons (Fsp3) is 0.0877. The van der Waals surface area contributed by atoms with Crippen molar-refractivity contribution >= 4 is 90.8 Å². The number of para-hydroxylation sites is 1. The van der Waals surface area contributed by atoms with E-state index >= 15 is 0 Å². The van der Waals surface area contributed by atoms with Crippen molar-refractivity contribution in [1.29, 1.82) is 5.41 Å². The number of benzene rings is 8. The Bertz CT molecular complexity index is 3590. The topological polar surface area (TPSA) is 72.1 Å². The molecule has 3 aromatic heterocycles. The van der Waals surface area contributed by atoms with Crippen molar-refractivity contribution in [3.63, 3.8) is 0 Å². The molecule has 5 nitrogen and oxygen atoms in total. The number of aliphatic imine (C=N–C) groups is 1. The number of fused-ring (bicyclic) bond motifs is 9. The van der Waals surface area contributed by atoms with Gasteiger partial charge < -0.3 is 5.73 Å². The van der Waals surface area contributed by atoms with Gasteiger partial charge in [0.05, 0.1) is 0 Å². The molecule has 7 heteroatoms. The van der Waals surface area contributed by atoms with Crippen LogP contribution in [0.1, 0.15) is 41.7 Å². The van der Waals surface area contributed by atoms with E-state index < -0.39 is 0 Å². The van der Waals surface area contributed by atoms with E-state index in [1.54, 1.807) is 6.26 Å². The first-order valence-electron chi connectivity index (χ1n) is 21.4. The van der Waals surface area contributed by atoms with Gasteiger partial charge in [-0.2, -0.15) is 12.6 Å². The molecule has 0 amide bonds. The van der Waals surface area contributed by atoms with Crippen LogP contribution in [-0.4, -0.2) is 41.6 Å². The number of amidine groups is 2. The summed E-state index contributed by atoms with van der Waals surface area (Å²) in [5.41, 5.74) is 20.4. The van der Waals surface area contributed by atoms with Crippen molar-refractivity contribution < 1.29 is 0 Å². The molecule has 3 N–H and O–H groups in total. The van der Waals surface area contributed by atoms with E-state index in [2.05, 4.69) is 175 Å². The summed E-state index contributed by atoms with van der Waals surface area (Å²) in [6.07, 6.45) is 3.97. The molecule has 12 rings (SSSR count). The van der Waals surface area contributed by atoms with Gasteiger partial charge in [-0.05, 0) is 6.26 Å². The summed E-state index contributed by atoms with van der Waals surface area (Å²) in [6, 6.07) is 64.5. The maximum absolute atomic E-state index is 7.84. The summed E-state index contributed by atoms with van der Waals surface area (Å²) in [5, 5.41) is 14.6. The van der Waals surface area contributed by atoms with Crippen LogP contribution in [-0.2, 0) is 5.41 Å². The zero-order valence-electron chi connectivity index (χ0n) is 36.2. The summed E-state index contributed by atoms with van der Waals surface area (Å²) in [6.45, 7) is 6.97. The second kappa shape index (κ2) is 16.7. The number of nitrogens with zero attached hydrogens (tertiary/aromatic N) is 3. The number of nitrogens with two attached hydrogens (primary N) is 1. The maximum Gasteiger partial charge on any atom is 0.154 e. The van der Waals surface area contributed by atoms with Crippen LogP contribution in [0.15, 0.2) is 193 Å². The molecule has 1 aliphatic heterocycles. The molecule has 1 aliphatic rings. The fourth-order valence-electron chi connectivity index (χ4n) is 9.50. The van der Waals surface area contributed by atoms with Crippen LogP contribution in [0.2, 0.25) is 0 Å². The van der Waals surface area contributed by atoms with Gasteiger partial charge in [-0.1, -0.05) is 66.7 Å². The molecule has 0 radical (unpaired) electrons. The van der Waals surface area contributed by atoms with E-state index in [1.807, 2.05) is 60.7 Å². The van der Waals surface area contributed by atoms with Crippen LogP contribution in [0.25, 0.3) is 74.5 Å². The van der Waals surface area contributed by atoms with E-state index in [1.165, 1.54) is 91.2 Å². The van der Waals surface area contributed by atoms with Crippen LogP contribution < -0.4 is 5.73 Å². The van der Waals surface area contributed by atoms with Gasteiger partial charge in [0.15, 0.2) is 5.84 Å². The predicted octanol–water partition coefficient (Wildman–Crippen LogP) is 13.7. The summed E-state index contributed by atoms with van der Waals surface area (Å²) in [5.74, 6) is 0.534. The zero-order valence-corrected chi connectivity index (χ0v) is 38.8. The van der Waals surface area contributed by atoms with Gasteiger partial charge in [-0.3, -0.25) is 5.41 Å². The quantitative estimate of drug-likeness (QED) is 0.0700. The number of nitrogens with one attached hydrogen (secondary N) is 1. The van der Waals surface area contributed by atoms with Crippen LogP contribution in [0.4, 0.5) is 0 Å². The third-order valence-electron chi connectivity index (χ3n) is 12.5. The minimum Gasteiger partial charge on any atom is -0.383 e. The Hall–Kier alpha value is -6.89.